The van der Waals surface area contributed by atoms with E-state index < -0.39 is 11.9 Å². The molecule has 2 aromatic carbocycles. The van der Waals surface area contributed by atoms with Crippen molar-refractivity contribution in [2.75, 3.05) is 26.2 Å². The maximum atomic E-state index is 11.4. The topological polar surface area (TPSA) is 122 Å². The lowest BCUT2D eigenvalue weighted by atomic mass is 10.0. The lowest BCUT2D eigenvalue weighted by Crippen LogP contribution is -2.39. The Morgan fingerprint density at radius 2 is 1.03 bits per heavy atom. The van der Waals surface area contributed by atoms with Crippen LogP contribution in [0.1, 0.15) is 33.4 Å². The first-order valence-electron chi connectivity index (χ1n) is 10.4. The summed E-state index contributed by atoms with van der Waals surface area (Å²) in [4.78, 5) is 26.2. The van der Waals surface area contributed by atoms with E-state index in [1.54, 1.807) is 21.9 Å². The Morgan fingerprint density at radius 1 is 0.688 bits per heavy atom. The number of rotatable bonds is 11. The molecule has 0 aromatic heterocycles. The molecule has 0 unspecified atom stereocenters. The number of carboxylic acids is 2. The van der Waals surface area contributed by atoms with Gasteiger partial charge in [0, 0.05) is 37.3 Å². The van der Waals surface area contributed by atoms with Crippen molar-refractivity contribution in [3.05, 3.63) is 57.6 Å². The van der Waals surface area contributed by atoms with Gasteiger partial charge in [0.1, 0.15) is 11.5 Å². The SMILES string of the molecule is Cc1cc(C)c(CN(CCN(CC(=O)O)Cc2c(C)cc(C)cc2O)CC(=O)O)c(O)c1. The number of hydrogen-bond acceptors (Lipinski definition) is 6. The molecule has 0 atom stereocenters. The monoisotopic (exact) mass is 444 g/mol. The van der Waals surface area contributed by atoms with E-state index in [9.17, 15) is 30.0 Å². The number of carbonyl (C=O) groups is 2. The van der Waals surface area contributed by atoms with E-state index in [1.165, 1.54) is 0 Å². The summed E-state index contributed by atoms with van der Waals surface area (Å²) in [5.41, 5.74) is 4.84. The Bertz CT molecular complexity index is 863. The molecule has 0 fully saturated rings. The molecule has 0 aliphatic heterocycles. The van der Waals surface area contributed by atoms with Crippen LogP contribution in [0.15, 0.2) is 24.3 Å². The van der Waals surface area contributed by atoms with Gasteiger partial charge in [-0.05, 0) is 62.1 Å². The molecule has 32 heavy (non-hydrogen) atoms. The van der Waals surface area contributed by atoms with Crippen LogP contribution in [0, 0.1) is 27.7 Å². The highest BCUT2D eigenvalue weighted by Gasteiger charge is 2.19. The van der Waals surface area contributed by atoms with Crippen molar-refractivity contribution in [1.29, 1.82) is 0 Å². The Hall–Kier alpha value is -3.10. The maximum Gasteiger partial charge on any atom is 0.317 e. The summed E-state index contributed by atoms with van der Waals surface area (Å²) in [6, 6.07) is 7.13. The minimum Gasteiger partial charge on any atom is -0.508 e. The van der Waals surface area contributed by atoms with Crippen LogP contribution in [-0.4, -0.2) is 68.3 Å². The third-order valence-corrected chi connectivity index (χ3v) is 5.40. The van der Waals surface area contributed by atoms with Crippen LogP contribution in [0.2, 0.25) is 0 Å². The minimum atomic E-state index is -1.01. The van der Waals surface area contributed by atoms with Gasteiger partial charge in [0.15, 0.2) is 0 Å². The van der Waals surface area contributed by atoms with E-state index in [0.717, 1.165) is 22.3 Å². The van der Waals surface area contributed by atoms with Gasteiger partial charge in [-0.1, -0.05) is 12.1 Å². The zero-order chi connectivity index (χ0) is 24.0. The second kappa shape index (κ2) is 11.0. The van der Waals surface area contributed by atoms with Crippen molar-refractivity contribution >= 4 is 11.9 Å². The van der Waals surface area contributed by atoms with Gasteiger partial charge in [0.25, 0.3) is 0 Å². The van der Waals surface area contributed by atoms with E-state index in [2.05, 4.69) is 0 Å². The molecule has 0 spiro atoms. The van der Waals surface area contributed by atoms with Crippen LogP contribution in [0.5, 0.6) is 11.5 Å². The number of aliphatic carboxylic acids is 2. The summed E-state index contributed by atoms with van der Waals surface area (Å²) in [5, 5.41) is 39.4. The van der Waals surface area contributed by atoms with Crippen LogP contribution in [0.3, 0.4) is 0 Å². The highest BCUT2D eigenvalue weighted by Crippen LogP contribution is 2.26. The molecule has 0 aliphatic rings. The largest absolute Gasteiger partial charge is 0.508 e. The first kappa shape index (κ1) is 25.2. The van der Waals surface area contributed by atoms with Crippen molar-refractivity contribution in [3.63, 3.8) is 0 Å². The van der Waals surface area contributed by atoms with E-state index in [0.29, 0.717) is 11.1 Å². The second-order valence-electron chi connectivity index (χ2n) is 8.37. The lowest BCUT2D eigenvalue weighted by Gasteiger charge is -2.27. The fourth-order valence-corrected chi connectivity index (χ4v) is 3.90. The van der Waals surface area contributed by atoms with Gasteiger partial charge in [-0.3, -0.25) is 19.4 Å². The average Bonchev–Trinajstić information content (AvgIpc) is 2.63. The summed E-state index contributed by atoms with van der Waals surface area (Å²) in [7, 11) is 0. The number of phenols is 2. The quantitative estimate of drug-likeness (QED) is 0.417. The molecule has 2 aromatic rings. The van der Waals surface area contributed by atoms with Crippen LogP contribution in [0.4, 0.5) is 0 Å². The van der Waals surface area contributed by atoms with Crippen molar-refractivity contribution < 1.29 is 30.0 Å². The molecule has 0 radical (unpaired) electrons. The molecule has 4 N–H and O–H groups in total. The number of nitrogens with zero attached hydrogens (tertiary/aromatic N) is 2. The molecule has 8 heteroatoms. The molecule has 174 valence electrons. The molecule has 0 aliphatic carbocycles. The molecule has 0 amide bonds. The summed E-state index contributed by atoms with van der Waals surface area (Å²) >= 11 is 0. The van der Waals surface area contributed by atoms with E-state index in [4.69, 9.17) is 0 Å². The Labute approximate surface area is 188 Å². The number of hydrogen-bond donors (Lipinski definition) is 4. The van der Waals surface area contributed by atoms with E-state index in [-0.39, 0.29) is 50.8 Å². The molecule has 8 nitrogen and oxygen atoms in total. The van der Waals surface area contributed by atoms with Gasteiger partial charge < -0.3 is 20.4 Å². The van der Waals surface area contributed by atoms with E-state index in [1.807, 2.05) is 39.8 Å². The minimum absolute atomic E-state index is 0.112. The molecule has 0 heterocycles. The summed E-state index contributed by atoms with van der Waals surface area (Å²) in [5.74, 6) is -1.79. The Balaban J connectivity index is 2.20. The van der Waals surface area contributed by atoms with E-state index >= 15 is 0 Å². The summed E-state index contributed by atoms with van der Waals surface area (Å²) in [6.07, 6.45) is 0. The third-order valence-electron chi connectivity index (χ3n) is 5.40. The first-order valence-corrected chi connectivity index (χ1v) is 10.4. The highest BCUT2D eigenvalue weighted by molar-refractivity contribution is 5.69. The van der Waals surface area contributed by atoms with Crippen LogP contribution < -0.4 is 0 Å². The number of carboxylic acid groups (broad SMARTS) is 2. The maximum absolute atomic E-state index is 11.4. The normalized spacial score (nSPS) is 11.3. The molecular weight excluding hydrogens is 412 g/mol. The van der Waals surface area contributed by atoms with Gasteiger partial charge in [-0.15, -0.1) is 0 Å². The Kier molecular flexibility index (Phi) is 8.63. The van der Waals surface area contributed by atoms with Gasteiger partial charge in [0.2, 0.25) is 0 Å². The summed E-state index contributed by atoms with van der Waals surface area (Å²) < 4.78 is 0. The number of phenolic OH excluding ortho intramolecular Hbond substituents is 2. The predicted molar refractivity (Wildman–Crippen MR) is 121 cm³/mol. The lowest BCUT2D eigenvalue weighted by molar-refractivity contribution is -0.140. The first-order chi connectivity index (χ1) is 15.0. The van der Waals surface area contributed by atoms with Crippen molar-refractivity contribution in [2.45, 2.75) is 40.8 Å². The zero-order valence-electron chi connectivity index (χ0n) is 19.1. The van der Waals surface area contributed by atoms with Gasteiger partial charge >= 0.3 is 11.9 Å². The van der Waals surface area contributed by atoms with Crippen molar-refractivity contribution in [2.24, 2.45) is 0 Å². The smallest absolute Gasteiger partial charge is 0.317 e. The molecule has 0 bridgehead atoms. The Morgan fingerprint density at radius 3 is 1.31 bits per heavy atom. The molecule has 0 saturated heterocycles. The third kappa shape index (κ3) is 7.25. The second-order valence-corrected chi connectivity index (χ2v) is 8.37. The fraction of sp³-hybridized carbons (Fsp3) is 0.417. The van der Waals surface area contributed by atoms with Crippen LogP contribution >= 0.6 is 0 Å². The predicted octanol–water partition coefficient (Wildman–Crippen LogP) is 2.80. The van der Waals surface area contributed by atoms with Crippen LogP contribution in [0.25, 0.3) is 0 Å². The highest BCUT2D eigenvalue weighted by atomic mass is 16.4. The van der Waals surface area contributed by atoms with Crippen LogP contribution in [-0.2, 0) is 22.7 Å². The number of aromatic hydroxyl groups is 2. The fourth-order valence-electron chi connectivity index (χ4n) is 3.90. The number of aryl methyl sites for hydroxylation is 4. The van der Waals surface area contributed by atoms with Gasteiger partial charge in [-0.2, -0.15) is 0 Å². The standard InChI is InChI=1S/C24H32N2O6/c1-15-7-17(3)19(21(27)9-15)11-25(13-23(29)30)5-6-26(14-24(31)32)12-20-18(4)8-16(2)10-22(20)28/h7-10,27-28H,5-6,11-14H2,1-4H3,(H,29,30)(H,31,32). The molecule has 2 rings (SSSR count). The van der Waals surface area contributed by atoms with Gasteiger partial charge in [0.05, 0.1) is 13.1 Å². The zero-order valence-corrected chi connectivity index (χ0v) is 19.1. The molecular formula is C24H32N2O6. The molecule has 0 saturated carbocycles. The average molecular weight is 445 g/mol. The number of benzene rings is 2. The van der Waals surface area contributed by atoms with Gasteiger partial charge in [-0.25, -0.2) is 0 Å². The van der Waals surface area contributed by atoms with Crippen molar-refractivity contribution in [1.82, 2.24) is 9.80 Å². The summed E-state index contributed by atoms with van der Waals surface area (Å²) in [6.45, 7) is 7.97. The van der Waals surface area contributed by atoms with Crippen molar-refractivity contribution in [3.8, 4) is 11.5 Å².